The highest BCUT2D eigenvalue weighted by Crippen LogP contribution is 2.34. The van der Waals surface area contributed by atoms with Crippen LogP contribution in [0, 0.1) is 5.41 Å². The SMILES string of the molecule is COC(=O)C(CCSC)NC(=O)c1ccc(NCc2nc(-c3ccccc3)n(-c3ccccc3)c2-c2ccccc2)cc1/C=C\C(C)(C)C. The standard InChI is InChI=1S/C41H44N4O3S/c1-41(2,3)25-23-31-27-32(21-22-34(31)39(46)44-35(24-26-49-5)40(47)48-4)42-28-36-37(29-15-9-6-10-16-29)45(33-19-13-8-14-20-33)38(43-36)30-17-11-7-12-18-30/h6-23,25,27,35,42H,24,26,28H2,1-5H3,(H,44,46)/b25-23-. The molecule has 1 amide bonds. The van der Waals surface area contributed by atoms with Crippen molar-refractivity contribution >= 4 is 35.4 Å². The molecule has 0 aliphatic carbocycles. The molecule has 0 aliphatic heterocycles. The van der Waals surface area contributed by atoms with Gasteiger partial charge in [-0.3, -0.25) is 9.36 Å². The van der Waals surface area contributed by atoms with E-state index in [9.17, 15) is 9.59 Å². The number of allylic oxidation sites excluding steroid dienone is 1. The lowest BCUT2D eigenvalue weighted by Gasteiger charge is -2.18. The molecular weight excluding hydrogens is 629 g/mol. The van der Waals surface area contributed by atoms with Gasteiger partial charge in [-0.15, -0.1) is 0 Å². The Bertz CT molecular complexity index is 1880. The molecule has 8 heteroatoms. The summed E-state index contributed by atoms with van der Waals surface area (Å²) in [5.74, 6) is 0.796. The highest BCUT2D eigenvalue weighted by molar-refractivity contribution is 7.98. The molecule has 2 N–H and O–H groups in total. The fraction of sp³-hybridized carbons (Fsp3) is 0.244. The van der Waals surface area contributed by atoms with Crippen molar-refractivity contribution in [3.05, 3.63) is 132 Å². The number of rotatable bonds is 13. The Morgan fingerprint density at radius 1 is 0.898 bits per heavy atom. The minimum absolute atomic E-state index is 0.104. The maximum absolute atomic E-state index is 13.6. The summed E-state index contributed by atoms with van der Waals surface area (Å²) in [7, 11) is 1.34. The van der Waals surface area contributed by atoms with E-state index in [1.165, 1.54) is 7.11 Å². The number of anilines is 1. The number of aromatic nitrogens is 2. The van der Waals surface area contributed by atoms with Gasteiger partial charge < -0.3 is 15.4 Å². The van der Waals surface area contributed by atoms with Crippen LogP contribution in [0.1, 0.15) is 48.8 Å². The first kappa shape index (κ1) is 35.2. The Morgan fingerprint density at radius 3 is 2.14 bits per heavy atom. The summed E-state index contributed by atoms with van der Waals surface area (Å²) in [6.07, 6.45) is 6.50. The average molecular weight is 673 g/mol. The Hall–Kier alpha value is -5.08. The lowest BCUT2D eigenvalue weighted by Crippen LogP contribution is -2.42. The molecule has 1 aromatic heterocycles. The molecule has 0 aliphatic rings. The van der Waals surface area contributed by atoms with Crippen LogP contribution in [0.4, 0.5) is 5.69 Å². The zero-order valence-corrected chi connectivity index (χ0v) is 29.6. The van der Waals surface area contributed by atoms with E-state index >= 15 is 0 Å². The van der Waals surface area contributed by atoms with Gasteiger partial charge in [-0.05, 0) is 59.7 Å². The number of methoxy groups -OCH3 is 1. The molecular formula is C41H44N4O3S. The maximum atomic E-state index is 13.6. The highest BCUT2D eigenvalue weighted by Gasteiger charge is 2.24. The number of ether oxygens (including phenoxy) is 1. The average Bonchev–Trinajstić information content (AvgIpc) is 3.51. The minimum atomic E-state index is -0.725. The first-order valence-electron chi connectivity index (χ1n) is 16.4. The number of esters is 1. The third-order valence-electron chi connectivity index (χ3n) is 7.96. The summed E-state index contributed by atoms with van der Waals surface area (Å²) >= 11 is 1.61. The summed E-state index contributed by atoms with van der Waals surface area (Å²) in [6.45, 7) is 6.77. The molecule has 252 valence electrons. The van der Waals surface area contributed by atoms with Crippen LogP contribution >= 0.6 is 11.8 Å². The van der Waals surface area contributed by atoms with Crippen LogP contribution in [0.2, 0.25) is 0 Å². The third kappa shape index (κ3) is 9.09. The second-order valence-corrected chi connectivity index (χ2v) is 13.8. The fourth-order valence-electron chi connectivity index (χ4n) is 5.50. The monoisotopic (exact) mass is 672 g/mol. The Labute approximate surface area is 293 Å². The predicted molar refractivity (Wildman–Crippen MR) is 203 cm³/mol. The van der Waals surface area contributed by atoms with Crippen LogP contribution in [-0.4, -0.2) is 46.6 Å². The number of para-hydroxylation sites is 1. The van der Waals surface area contributed by atoms with Gasteiger partial charge in [0.25, 0.3) is 5.91 Å². The van der Waals surface area contributed by atoms with Crippen molar-refractivity contribution in [2.45, 2.75) is 39.8 Å². The lowest BCUT2D eigenvalue weighted by atomic mass is 9.94. The van der Waals surface area contributed by atoms with E-state index < -0.39 is 12.0 Å². The molecule has 0 radical (unpaired) electrons. The number of hydrogen-bond acceptors (Lipinski definition) is 6. The molecule has 1 unspecified atom stereocenters. The van der Waals surface area contributed by atoms with Crippen molar-refractivity contribution < 1.29 is 14.3 Å². The van der Waals surface area contributed by atoms with E-state index in [0.29, 0.717) is 18.5 Å². The van der Waals surface area contributed by atoms with Gasteiger partial charge in [-0.2, -0.15) is 11.8 Å². The summed E-state index contributed by atoms with van der Waals surface area (Å²) in [4.78, 5) is 31.3. The van der Waals surface area contributed by atoms with Gasteiger partial charge in [0.05, 0.1) is 25.0 Å². The maximum Gasteiger partial charge on any atom is 0.328 e. The summed E-state index contributed by atoms with van der Waals surface area (Å²) < 4.78 is 7.20. The topological polar surface area (TPSA) is 85.2 Å². The van der Waals surface area contributed by atoms with Gasteiger partial charge in [-0.25, -0.2) is 9.78 Å². The van der Waals surface area contributed by atoms with Gasteiger partial charge in [0.1, 0.15) is 11.9 Å². The molecule has 4 aromatic carbocycles. The molecule has 7 nitrogen and oxygen atoms in total. The smallest absolute Gasteiger partial charge is 0.328 e. The van der Waals surface area contributed by atoms with Gasteiger partial charge >= 0.3 is 5.97 Å². The van der Waals surface area contributed by atoms with Crippen molar-refractivity contribution in [1.82, 2.24) is 14.9 Å². The van der Waals surface area contributed by atoms with Crippen molar-refractivity contribution in [1.29, 1.82) is 0 Å². The first-order valence-corrected chi connectivity index (χ1v) is 17.8. The molecule has 49 heavy (non-hydrogen) atoms. The number of nitrogens with one attached hydrogen (secondary N) is 2. The molecule has 0 saturated heterocycles. The Kier molecular flexibility index (Phi) is 11.8. The summed E-state index contributed by atoms with van der Waals surface area (Å²) in [6, 6.07) is 35.8. The Balaban J connectivity index is 1.53. The fourth-order valence-corrected chi connectivity index (χ4v) is 5.97. The molecule has 0 bridgehead atoms. The minimum Gasteiger partial charge on any atom is -0.467 e. The van der Waals surface area contributed by atoms with Crippen LogP contribution in [-0.2, 0) is 16.1 Å². The number of amides is 1. The van der Waals surface area contributed by atoms with Crippen molar-refractivity contribution in [2.75, 3.05) is 24.4 Å². The van der Waals surface area contributed by atoms with Crippen LogP contribution in [0.5, 0.6) is 0 Å². The molecule has 1 atom stereocenters. The third-order valence-corrected chi connectivity index (χ3v) is 8.61. The number of hydrogen-bond donors (Lipinski definition) is 2. The van der Waals surface area contributed by atoms with Gasteiger partial charge in [0, 0.05) is 28.1 Å². The van der Waals surface area contributed by atoms with Crippen molar-refractivity contribution in [3.8, 4) is 28.3 Å². The van der Waals surface area contributed by atoms with Gasteiger partial charge in [-0.1, -0.05) is 112 Å². The summed E-state index contributed by atoms with van der Waals surface area (Å²) in [5, 5.41) is 6.50. The second-order valence-electron chi connectivity index (χ2n) is 12.8. The highest BCUT2D eigenvalue weighted by atomic mass is 32.2. The van der Waals surface area contributed by atoms with E-state index in [1.807, 2.05) is 79.1 Å². The second kappa shape index (κ2) is 16.3. The number of carbonyl (C=O) groups excluding carboxylic acids is 2. The largest absolute Gasteiger partial charge is 0.467 e. The molecule has 0 fully saturated rings. The predicted octanol–water partition coefficient (Wildman–Crippen LogP) is 8.90. The normalized spacial score (nSPS) is 12.1. The number of nitrogens with zero attached hydrogens (tertiary/aromatic N) is 2. The lowest BCUT2D eigenvalue weighted by molar-refractivity contribution is -0.142. The number of carbonyl (C=O) groups is 2. The van der Waals surface area contributed by atoms with E-state index in [0.717, 1.165) is 51.0 Å². The van der Waals surface area contributed by atoms with E-state index in [-0.39, 0.29) is 11.3 Å². The molecule has 0 saturated carbocycles. The zero-order chi connectivity index (χ0) is 34.8. The van der Waals surface area contributed by atoms with Crippen LogP contribution in [0.15, 0.2) is 115 Å². The van der Waals surface area contributed by atoms with Crippen molar-refractivity contribution in [3.63, 3.8) is 0 Å². The van der Waals surface area contributed by atoms with Crippen molar-refractivity contribution in [2.24, 2.45) is 5.41 Å². The zero-order valence-electron chi connectivity index (χ0n) is 28.8. The summed E-state index contributed by atoms with van der Waals surface area (Å²) in [5.41, 5.74) is 6.94. The van der Waals surface area contributed by atoms with E-state index in [2.05, 4.69) is 78.4 Å². The Morgan fingerprint density at radius 2 is 1.53 bits per heavy atom. The first-order chi connectivity index (χ1) is 23.7. The van der Waals surface area contributed by atoms with Gasteiger partial charge in [0.2, 0.25) is 0 Å². The number of imidazole rings is 1. The van der Waals surface area contributed by atoms with E-state index in [1.54, 1.807) is 17.8 Å². The van der Waals surface area contributed by atoms with E-state index in [4.69, 9.17) is 9.72 Å². The molecule has 5 rings (SSSR count). The van der Waals surface area contributed by atoms with Crippen LogP contribution < -0.4 is 10.6 Å². The van der Waals surface area contributed by atoms with Gasteiger partial charge in [0.15, 0.2) is 0 Å². The molecule has 0 spiro atoms. The molecule has 1 heterocycles. The molecule has 5 aromatic rings. The number of benzene rings is 4. The van der Waals surface area contributed by atoms with Crippen LogP contribution in [0.25, 0.3) is 34.4 Å². The van der Waals surface area contributed by atoms with Crippen LogP contribution in [0.3, 0.4) is 0 Å². The quantitative estimate of drug-likeness (QED) is 0.122. The number of thioether (sulfide) groups is 1.